The number of hydrogen-bond donors (Lipinski definition) is 4. The summed E-state index contributed by atoms with van der Waals surface area (Å²) in [6.45, 7) is 2.45. The van der Waals surface area contributed by atoms with Crippen molar-refractivity contribution in [1.82, 2.24) is 20.5 Å². The van der Waals surface area contributed by atoms with Gasteiger partial charge in [-0.2, -0.15) is 0 Å². The number of esters is 1. The molecule has 0 bridgehead atoms. The Morgan fingerprint density at radius 3 is 2.22 bits per heavy atom. The third-order valence-electron chi connectivity index (χ3n) is 7.83. The van der Waals surface area contributed by atoms with Crippen molar-refractivity contribution >= 4 is 23.7 Å². The van der Waals surface area contributed by atoms with Gasteiger partial charge in [0.05, 0.1) is 31.3 Å². The standard InChI is InChI=1S/C28H29F5N4O8/c1-10-24(39)14(7-13-16(29)18(31)20(33)19(32)17(13)30)35-25(40)21(36-26(41)22-15(38)5-4-6-34-22)11(2)45-28(43)23(12-8-44-9-12)37(3)27(10)42/h4-6,10-12,14,21,23-24,38-39H,7-9H2,1-3H3,(H,35,40)(H,36,41)/t10-,11-,14+,21+,23?,24+/m1/s1. The Labute approximate surface area is 252 Å². The van der Waals surface area contributed by atoms with E-state index < -0.39 is 118 Å². The lowest BCUT2D eigenvalue weighted by atomic mass is 9.89. The van der Waals surface area contributed by atoms with Gasteiger partial charge in [0, 0.05) is 31.1 Å². The summed E-state index contributed by atoms with van der Waals surface area (Å²) >= 11 is 0. The van der Waals surface area contributed by atoms with E-state index >= 15 is 0 Å². The molecule has 12 nitrogen and oxygen atoms in total. The molecule has 0 spiro atoms. The van der Waals surface area contributed by atoms with Crippen molar-refractivity contribution < 1.29 is 60.8 Å². The molecule has 1 unspecified atom stereocenters. The number of carbonyl (C=O) groups is 4. The first-order valence-electron chi connectivity index (χ1n) is 13.6. The maximum absolute atomic E-state index is 14.7. The predicted molar refractivity (Wildman–Crippen MR) is 141 cm³/mol. The molecule has 3 heterocycles. The normalized spacial score (nSPS) is 26.7. The SMILES string of the molecule is C[C@H]1OC(=O)C(C2COC2)N(C)C(=O)[C@H](C)[C@H](O)[C@H](Cc2c(F)c(F)c(F)c(F)c2F)NC(=O)[C@H]1NC(=O)c1ncccc1O. The molecule has 0 saturated carbocycles. The van der Waals surface area contributed by atoms with E-state index in [4.69, 9.17) is 9.47 Å². The van der Waals surface area contributed by atoms with Crippen LogP contribution >= 0.6 is 0 Å². The summed E-state index contributed by atoms with van der Waals surface area (Å²) in [4.78, 5) is 58.1. The Balaban J connectivity index is 1.78. The molecular formula is C28H29F5N4O8. The predicted octanol–water partition coefficient (Wildman–Crippen LogP) is 0.724. The molecule has 4 N–H and O–H groups in total. The molecule has 2 aliphatic rings. The zero-order valence-corrected chi connectivity index (χ0v) is 24.0. The molecule has 17 heteroatoms. The molecule has 0 radical (unpaired) electrons. The number of pyridine rings is 1. The fourth-order valence-corrected chi connectivity index (χ4v) is 5.13. The topological polar surface area (TPSA) is 167 Å². The average Bonchev–Trinajstić information content (AvgIpc) is 2.98. The second kappa shape index (κ2) is 13.3. The first kappa shape index (κ1) is 33.5. The van der Waals surface area contributed by atoms with E-state index in [1.165, 1.54) is 27.0 Å². The Hall–Kier alpha value is -4.38. The average molecular weight is 645 g/mol. The second-order valence-electron chi connectivity index (χ2n) is 10.8. The smallest absolute Gasteiger partial charge is 0.329 e. The van der Waals surface area contributed by atoms with Crippen LogP contribution in [0.2, 0.25) is 0 Å². The van der Waals surface area contributed by atoms with Crippen LogP contribution in [-0.4, -0.2) is 94.4 Å². The molecule has 0 aliphatic carbocycles. The number of hydrogen-bond acceptors (Lipinski definition) is 9. The summed E-state index contributed by atoms with van der Waals surface area (Å²) in [6, 6.07) is -2.58. The first-order chi connectivity index (χ1) is 21.1. The number of cyclic esters (lactones) is 1. The zero-order valence-electron chi connectivity index (χ0n) is 24.0. The molecule has 4 rings (SSSR count). The van der Waals surface area contributed by atoms with Gasteiger partial charge in [0.2, 0.25) is 17.6 Å². The van der Waals surface area contributed by atoms with Crippen LogP contribution in [0, 0.1) is 40.9 Å². The van der Waals surface area contributed by atoms with Gasteiger partial charge in [0.15, 0.2) is 29.0 Å². The van der Waals surface area contributed by atoms with Crippen LogP contribution in [0.15, 0.2) is 18.3 Å². The molecule has 6 atom stereocenters. The van der Waals surface area contributed by atoms with Crippen LogP contribution in [0.3, 0.4) is 0 Å². The highest BCUT2D eigenvalue weighted by Crippen LogP contribution is 2.28. The van der Waals surface area contributed by atoms with Crippen LogP contribution in [0.1, 0.15) is 29.9 Å². The number of aliphatic hydroxyl groups is 1. The molecule has 2 aliphatic heterocycles. The monoisotopic (exact) mass is 644 g/mol. The van der Waals surface area contributed by atoms with Crippen LogP contribution in [0.5, 0.6) is 5.75 Å². The fraction of sp³-hybridized carbons (Fsp3) is 0.464. The highest BCUT2D eigenvalue weighted by atomic mass is 19.2. The van der Waals surface area contributed by atoms with Gasteiger partial charge in [-0.3, -0.25) is 14.4 Å². The van der Waals surface area contributed by atoms with E-state index in [-0.39, 0.29) is 13.2 Å². The number of aromatic nitrogens is 1. The summed E-state index contributed by atoms with van der Waals surface area (Å²) < 4.78 is 81.8. The van der Waals surface area contributed by atoms with Gasteiger partial charge in [-0.15, -0.1) is 0 Å². The van der Waals surface area contributed by atoms with Crippen molar-refractivity contribution in [1.29, 1.82) is 0 Å². The maximum Gasteiger partial charge on any atom is 0.329 e. The summed E-state index contributed by atoms with van der Waals surface area (Å²) in [5.74, 6) is -18.3. The van der Waals surface area contributed by atoms with E-state index in [1.807, 2.05) is 0 Å². The Kier molecular flexibility index (Phi) is 9.92. The van der Waals surface area contributed by atoms with Gasteiger partial charge in [-0.05, 0) is 19.1 Å². The molecule has 2 aromatic rings. The van der Waals surface area contributed by atoms with Gasteiger partial charge in [0.25, 0.3) is 5.91 Å². The van der Waals surface area contributed by atoms with Gasteiger partial charge in [-0.1, -0.05) is 6.92 Å². The number of likely N-dealkylation sites (N-methyl/N-ethyl adjacent to an activating group) is 1. The molecule has 1 aromatic carbocycles. The van der Waals surface area contributed by atoms with E-state index in [2.05, 4.69) is 15.6 Å². The van der Waals surface area contributed by atoms with Crippen molar-refractivity contribution in [2.45, 2.75) is 50.6 Å². The van der Waals surface area contributed by atoms with Gasteiger partial charge in [-0.25, -0.2) is 31.7 Å². The lowest BCUT2D eigenvalue weighted by Crippen LogP contribution is -2.62. The minimum atomic E-state index is -2.43. The number of nitrogens with one attached hydrogen (secondary N) is 2. The first-order valence-corrected chi connectivity index (χ1v) is 13.6. The van der Waals surface area contributed by atoms with Gasteiger partial charge in [0.1, 0.15) is 23.9 Å². The van der Waals surface area contributed by atoms with Crippen molar-refractivity contribution in [2.24, 2.45) is 11.8 Å². The zero-order chi connectivity index (χ0) is 33.3. The Morgan fingerprint density at radius 1 is 1.07 bits per heavy atom. The van der Waals surface area contributed by atoms with Crippen molar-refractivity contribution in [2.75, 3.05) is 20.3 Å². The molecular weight excluding hydrogens is 615 g/mol. The van der Waals surface area contributed by atoms with E-state index in [1.54, 1.807) is 0 Å². The van der Waals surface area contributed by atoms with Crippen molar-refractivity contribution in [3.8, 4) is 5.75 Å². The number of rotatable bonds is 5. The molecule has 2 saturated heterocycles. The molecule has 1 aromatic heterocycles. The molecule has 45 heavy (non-hydrogen) atoms. The van der Waals surface area contributed by atoms with Crippen LogP contribution in [-0.2, 0) is 30.3 Å². The number of ether oxygens (including phenoxy) is 2. The number of halogens is 5. The summed E-state index contributed by atoms with van der Waals surface area (Å²) in [5, 5.41) is 25.7. The van der Waals surface area contributed by atoms with E-state index in [0.717, 1.165) is 17.2 Å². The minimum Gasteiger partial charge on any atom is -0.505 e. The lowest BCUT2D eigenvalue weighted by Gasteiger charge is -2.41. The Morgan fingerprint density at radius 2 is 1.67 bits per heavy atom. The van der Waals surface area contributed by atoms with E-state index in [9.17, 15) is 51.3 Å². The van der Waals surface area contributed by atoms with Crippen LogP contribution in [0.4, 0.5) is 22.0 Å². The highest BCUT2D eigenvalue weighted by molar-refractivity contribution is 5.98. The maximum atomic E-state index is 14.7. The Bertz CT molecular complexity index is 1480. The summed E-state index contributed by atoms with van der Waals surface area (Å²) in [6.07, 6.45) is -3.59. The summed E-state index contributed by atoms with van der Waals surface area (Å²) in [7, 11) is 1.23. The fourth-order valence-electron chi connectivity index (χ4n) is 5.13. The van der Waals surface area contributed by atoms with Crippen molar-refractivity contribution in [3.05, 3.63) is 58.7 Å². The van der Waals surface area contributed by atoms with Gasteiger partial charge >= 0.3 is 5.97 Å². The number of amides is 3. The number of carbonyl (C=O) groups excluding carboxylic acids is 4. The molecule has 3 amide bonds. The summed E-state index contributed by atoms with van der Waals surface area (Å²) in [5.41, 5.74) is -1.92. The quantitative estimate of drug-likeness (QED) is 0.159. The van der Waals surface area contributed by atoms with Gasteiger partial charge < -0.3 is 35.2 Å². The number of nitrogens with zero attached hydrogens (tertiary/aromatic N) is 2. The van der Waals surface area contributed by atoms with Crippen LogP contribution < -0.4 is 10.6 Å². The largest absolute Gasteiger partial charge is 0.505 e. The molecule has 244 valence electrons. The minimum absolute atomic E-state index is 0.0468. The third kappa shape index (κ3) is 6.54. The molecule has 2 fully saturated rings. The number of aliphatic hydroxyl groups excluding tert-OH is 1. The van der Waals surface area contributed by atoms with Crippen LogP contribution in [0.25, 0.3) is 0 Å². The second-order valence-corrected chi connectivity index (χ2v) is 10.8. The van der Waals surface area contributed by atoms with Crippen molar-refractivity contribution in [3.63, 3.8) is 0 Å². The number of benzene rings is 1. The third-order valence-corrected chi connectivity index (χ3v) is 7.83. The lowest BCUT2D eigenvalue weighted by molar-refractivity contribution is -0.173. The number of aromatic hydroxyl groups is 1. The van der Waals surface area contributed by atoms with E-state index in [0.29, 0.717) is 0 Å². The highest BCUT2D eigenvalue weighted by Gasteiger charge is 2.45.